The zero-order chi connectivity index (χ0) is 13.7. The van der Waals surface area contributed by atoms with Crippen molar-refractivity contribution in [2.45, 2.75) is 6.92 Å². The van der Waals surface area contributed by atoms with E-state index < -0.39 is 5.41 Å². The van der Waals surface area contributed by atoms with E-state index in [1.54, 1.807) is 42.5 Å². The SMILES string of the molecule is CC(CO)(CO)CNc1cncc(-n2cccn2)n1. The molecule has 0 aliphatic heterocycles. The van der Waals surface area contributed by atoms with Gasteiger partial charge in [-0.1, -0.05) is 6.92 Å². The molecule has 102 valence electrons. The number of nitrogens with zero attached hydrogens (tertiary/aromatic N) is 4. The molecule has 0 saturated heterocycles. The lowest BCUT2D eigenvalue weighted by atomic mass is 9.93. The summed E-state index contributed by atoms with van der Waals surface area (Å²) in [5, 5.41) is 25.6. The molecule has 19 heavy (non-hydrogen) atoms. The highest BCUT2D eigenvalue weighted by Gasteiger charge is 2.22. The smallest absolute Gasteiger partial charge is 0.173 e. The van der Waals surface area contributed by atoms with Gasteiger partial charge in [-0.25, -0.2) is 9.67 Å². The summed E-state index contributed by atoms with van der Waals surface area (Å²) in [6.45, 7) is 1.97. The molecule has 0 aliphatic rings. The van der Waals surface area contributed by atoms with Crippen LogP contribution in [0.15, 0.2) is 30.9 Å². The minimum Gasteiger partial charge on any atom is -0.396 e. The highest BCUT2D eigenvalue weighted by atomic mass is 16.3. The number of aromatic nitrogens is 4. The van der Waals surface area contributed by atoms with Crippen molar-refractivity contribution >= 4 is 5.82 Å². The van der Waals surface area contributed by atoms with Crippen LogP contribution in [0, 0.1) is 5.41 Å². The summed E-state index contributed by atoms with van der Waals surface area (Å²) in [6.07, 6.45) is 6.63. The molecule has 2 heterocycles. The standard InChI is InChI=1S/C12H17N5O2/c1-12(8-18,9-19)7-14-10-5-13-6-11(16-10)17-4-2-3-15-17/h2-6,18-19H,7-9H2,1H3,(H,14,16). The van der Waals surface area contributed by atoms with E-state index in [0.717, 1.165) is 0 Å². The molecule has 0 unspecified atom stereocenters. The zero-order valence-electron chi connectivity index (χ0n) is 10.7. The van der Waals surface area contributed by atoms with Crippen LogP contribution >= 0.6 is 0 Å². The van der Waals surface area contributed by atoms with Gasteiger partial charge in [-0.3, -0.25) is 4.98 Å². The molecule has 3 N–H and O–H groups in total. The lowest BCUT2D eigenvalue weighted by molar-refractivity contribution is 0.0806. The topological polar surface area (TPSA) is 96.1 Å². The van der Waals surface area contributed by atoms with E-state index in [4.69, 9.17) is 0 Å². The number of aliphatic hydroxyl groups is 2. The molecule has 0 fully saturated rings. The highest BCUT2D eigenvalue weighted by Crippen LogP contribution is 2.15. The third-order valence-corrected chi connectivity index (χ3v) is 2.82. The van der Waals surface area contributed by atoms with Crippen molar-refractivity contribution in [1.82, 2.24) is 19.7 Å². The molecule has 7 heteroatoms. The minimum atomic E-state index is -0.594. The van der Waals surface area contributed by atoms with Crippen molar-refractivity contribution in [3.63, 3.8) is 0 Å². The normalized spacial score (nSPS) is 11.5. The van der Waals surface area contributed by atoms with E-state index in [0.29, 0.717) is 18.2 Å². The summed E-state index contributed by atoms with van der Waals surface area (Å²) in [6, 6.07) is 1.80. The molecule has 2 aromatic rings. The number of rotatable bonds is 6. The van der Waals surface area contributed by atoms with Crippen LogP contribution in [0.5, 0.6) is 0 Å². The lowest BCUT2D eigenvalue weighted by Gasteiger charge is -2.24. The first kappa shape index (κ1) is 13.4. The fraction of sp³-hybridized carbons (Fsp3) is 0.417. The quantitative estimate of drug-likeness (QED) is 0.682. The molecule has 2 rings (SSSR count). The Balaban J connectivity index is 2.08. The van der Waals surface area contributed by atoms with Crippen molar-refractivity contribution in [1.29, 1.82) is 0 Å². The summed E-state index contributed by atoms with van der Waals surface area (Å²) >= 11 is 0. The molecule has 0 spiro atoms. The van der Waals surface area contributed by atoms with Crippen LogP contribution in [0.1, 0.15) is 6.92 Å². The first-order valence-electron chi connectivity index (χ1n) is 5.94. The van der Waals surface area contributed by atoms with Crippen LogP contribution in [0.25, 0.3) is 5.82 Å². The van der Waals surface area contributed by atoms with Crippen LogP contribution < -0.4 is 5.32 Å². The van der Waals surface area contributed by atoms with E-state index in [2.05, 4.69) is 20.4 Å². The number of hydrogen-bond acceptors (Lipinski definition) is 6. The van der Waals surface area contributed by atoms with Crippen molar-refractivity contribution in [3.05, 3.63) is 30.9 Å². The van der Waals surface area contributed by atoms with E-state index in [1.165, 1.54) is 0 Å². The Bertz CT molecular complexity index is 511. The predicted molar refractivity (Wildman–Crippen MR) is 69.9 cm³/mol. The monoisotopic (exact) mass is 263 g/mol. The van der Waals surface area contributed by atoms with Gasteiger partial charge in [0.1, 0.15) is 5.82 Å². The van der Waals surface area contributed by atoms with Gasteiger partial charge in [-0.2, -0.15) is 5.10 Å². The fourth-order valence-electron chi connectivity index (χ4n) is 1.42. The first-order valence-corrected chi connectivity index (χ1v) is 5.94. The molecular weight excluding hydrogens is 246 g/mol. The summed E-state index contributed by atoms with van der Waals surface area (Å²) < 4.78 is 1.61. The molecule has 0 radical (unpaired) electrons. The summed E-state index contributed by atoms with van der Waals surface area (Å²) in [7, 11) is 0. The van der Waals surface area contributed by atoms with Gasteiger partial charge in [0.15, 0.2) is 5.82 Å². The Labute approximate surface area is 110 Å². The van der Waals surface area contributed by atoms with Crippen molar-refractivity contribution < 1.29 is 10.2 Å². The third-order valence-electron chi connectivity index (χ3n) is 2.82. The maximum absolute atomic E-state index is 9.22. The van der Waals surface area contributed by atoms with Crippen LogP contribution in [0.4, 0.5) is 5.82 Å². The molecule has 0 amide bonds. The summed E-state index contributed by atoms with van der Waals surface area (Å²) in [4.78, 5) is 8.43. The number of aliphatic hydroxyl groups excluding tert-OH is 2. The number of hydrogen-bond donors (Lipinski definition) is 3. The van der Waals surface area contributed by atoms with Crippen LogP contribution in [0.2, 0.25) is 0 Å². The fourth-order valence-corrected chi connectivity index (χ4v) is 1.42. The average molecular weight is 263 g/mol. The lowest BCUT2D eigenvalue weighted by Crippen LogP contribution is -2.34. The van der Waals surface area contributed by atoms with Crippen molar-refractivity contribution in [2.75, 3.05) is 25.1 Å². The van der Waals surface area contributed by atoms with E-state index in [-0.39, 0.29) is 13.2 Å². The Morgan fingerprint density at radius 1 is 1.32 bits per heavy atom. The summed E-state index contributed by atoms with van der Waals surface area (Å²) in [5.74, 6) is 1.17. The average Bonchev–Trinajstić information content (AvgIpc) is 2.99. The second kappa shape index (κ2) is 5.77. The van der Waals surface area contributed by atoms with Gasteiger partial charge in [-0.05, 0) is 6.07 Å². The number of anilines is 1. The van der Waals surface area contributed by atoms with E-state index in [9.17, 15) is 10.2 Å². The second-order valence-corrected chi connectivity index (χ2v) is 4.69. The van der Waals surface area contributed by atoms with Gasteiger partial charge in [0.05, 0.1) is 25.6 Å². The third kappa shape index (κ3) is 3.27. The van der Waals surface area contributed by atoms with Crippen molar-refractivity contribution in [2.24, 2.45) is 5.41 Å². The van der Waals surface area contributed by atoms with Gasteiger partial charge < -0.3 is 15.5 Å². The molecule has 0 aromatic carbocycles. The molecule has 0 atom stereocenters. The van der Waals surface area contributed by atoms with Crippen molar-refractivity contribution in [3.8, 4) is 5.82 Å². The summed E-state index contributed by atoms with van der Waals surface area (Å²) in [5.41, 5.74) is -0.594. The van der Waals surface area contributed by atoms with Gasteiger partial charge in [0.25, 0.3) is 0 Å². The van der Waals surface area contributed by atoms with Gasteiger partial charge in [-0.15, -0.1) is 0 Å². The minimum absolute atomic E-state index is 0.108. The molecule has 0 saturated carbocycles. The zero-order valence-corrected chi connectivity index (χ0v) is 10.7. The molecule has 0 aliphatic carbocycles. The Hall–Kier alpha value is -1.99. The maximum atomic E-state index is 9.22. The predicted octanol–water partition coefficient (Wildman–Crippen LogP) is 0.0651. The Kier molecular flexibility index (Phi) is 4.08. The number of nitrogens with one attached hydrogen (secondary N) is 1. The van der Waals surface area contributed by atoms with E-state index >= 15 is 0 Å². The molecule has 0 bridgehead atoms. The molecule has 7 nitrogen and oxygen atoms in total. The Morgan fingerprint density at radius 2 is 2.11 bits per heavy atom. The molecular formula is C12H17N5O2. The van der Waals surface area contributed by atoms with Gasteiger partial charge in [0, 0.05) is 24.4 Å². The van der Waals surface area contributed by atoms with E-state index in [1.807, 2.05) is 0 Å². The van der Waals surface area contributed by atoms with Crippen LogP contribution in [0.3, 0.4) is 0 Å². The Morgan fingerprint density at radius 3 is 2.74 bits per heavy atom. The van der Waals surface area contributed by atoms with Crippen LogP contribution in [-0.2, 0) is 0 Å². The van der Waals surface area contributed by atoms with Gasteiger partial charge in [0.2, 0.25) is 0 Å². The maximum Gasteiger partial charge on any atom is 0.173 e. The van der Waals surface area contributed by atoms with Crippen LogP contribution in [-0.4, -0.2) is 49.7 Å². The van der Waals surface area contributed by atoms with Gasteiger partial charge >= 0.3 is 0 Å². The second-order valence-electron chi connectivity index (χ2n) is 4.69. The first-order chi connectivity index (χ1) is 9.17. The largest absolute Gasteiger partial charge is 0.396 e. The molecule has 2 aromatic heterocycles. The highest BCUT2D eigenvalue weighted by molar-refractivity contribution is 5.35.